The Morgan fingerprint density at radius 2 is 1.35 bits per heavy atom. The van der Waals surface area contributed by atoms with E-state index in [4.69, 9.17) is 0 Å². The highest BCUT2D eigenvalue weighted by atomic mass is 19.1. The third-order valence-electron chi connectivity index (χ3n) is 4.92. The fourth-order valence-electron chi connectivity index (χ4n) is 3.16. The number of hydrogen-bond acceptors (Lipinski definition) is 3. The normalized spacial score (nSPS) is 13.2. The minimum absolute atomic E-state index is 0.0229. The Balaban J connectivity index is 2.12. The predicted octanol–water partition coefficient (Wildman–Crippen LogP) is 2.98. The summed E-state index contributed by atoms with van der Waals surface area (Å²) in [5.74, 6) is -2.62. The first-order chi connectivity index (χ1) is 14.5. The molecule has 0 saturated carbocycles. The molecule has 0 aliphatic carbocycles. The minimum atomic E-state index is -1.17. The van der Waals surface area contributed by atoms with Crippen molar-refractivity contribution in [2.24, 2.45) is 0 Å². The molecule has 0 spiro atoms. The molecule has 0 radical (unpaired) electrons. The Kier molecular flexibility index (Phi) is 7.91. The van der Waals surface area contributed by atoms with Gasteiger partial charge in [-0.2, -0.15) is 0 Å². The van der Waals surface area contributed by atoms with Gasteiger partial charge in [0, 0.05) is 19.8 Å². The summed E-state index contributed by atoms with van der Waals surface area (Å²) >= 11 is 0. The molecule has 166 valence electrons. The van der Waals surface area contributed by atoms with E-state index in [0.717, 1.165) is 11.1 Å². The fourth-order valence-corrected chi connectivity index (χ4v) is 3.16. The summed E-state index contributed by atoms with van der Waals surface area (Å²) in [5, 5.41) is 14.7. The number of carboxylic acid groups (broad SMARTS) is 1. The predicted molar refractivity (Wildman–Crippen MR) is 116 cm³/mol. The van der Waals surface area contributed by atoms with Crippen LogP contribution in [0.25, 0.3) is 0 Å². The van der Waals surface area contributed by atoms with Crippen LogP contribution < -0.4 is 10.6 Å². The maximum absolute atomic E-state index is 13.1. The third-order valence-corrected chi connectivity index (χ3v) is 4.92. The fraction of sp³-hybridized carbons (Fsp3) is 0.375. The molecule has 3 N–H and O–H groups in total. The van der Waals surface area contributed by atoms with Crippen molar-refractivity contribution in [3.8, 4) is 0 Å². The molecule has 0 saturated heterocycles. The van der Waals surface area contributed by atoms with Gasteiger partial charge >= 0.3 is 5.97 Å². The van der Waals surface area contributed by atoms with Crippen LogP contribution in [0.5, 0.6) is 0 Å². The number of halogens is 1. The van der Waals surface area contributed by atoms with E-state index in [9.17, 15) is 23.9 Å². The molecule has 0 bridgehead atoms. The number of hydrogen-bond donors (Lipinski definition) is 3. The first kappa shape index (κ1) is 24.1. The van der Waals surface area contributed by atoms with Crippen LogP contribution in [0.4, 0.5) is 4.39 Å². The lowest BCUT2D eigenvalue weighted by atomic mass is 9.86. The molecule has 2 amide bonds. The molecule has 7 heteroatoms. The van der Waals surface area contributed by atoms with Crippen LogP contribution in [-0.2, 0) is 32.6 Å². The molecule has 0 heterocycles. The molecule has 2 rings (SSSR count). The van der Waals surface area contributed by atoms with Crippen molar-refractivity contribution in [1.29, 1.82) is 0 Å². The van der Waals surface area contributed by atoms with E-state index in [2.05, 4.69) is 31.4 Å². The van der Waals surface area contributed by atoms with Gasteiger partial charge < -0.3 is 15.7 Å². The second-order valence-electron chi connectivity index (χ2n) is 8.63. The minimum Gasteiger partial charge on any atom is -0.480 e. The number of nitrogens with one attached hydrogen (secondary N) is 2. The Bertz CT molecular complexity index is 918. The lowest BCUT2D eigenvalue weighted by Crippen LogP contribution is -2.52. The Morgan fingerprint density at radius 3 is 1.81 bits per heavy atom. The van der Waals surface area contributed by atoms with Crippen LogP contribution in [0.15, 0.2) is 48.5 Å². The smallest absolute Gasteiger partial charge is 0.326 e. The molecule has 6 nitrogen and oxygen atoms in total. The van der Waals surface area contributed by atoms with Gasteiger partial charge in [0.1, 0.15) is 17.9 Å². The first-order valence-corrected chi connectivity index (χ1v) is 10.1. The second kappa shape index (κ2) is 10.2. The van der Waals surface area contributed by atoms with Crippen LogP contribution in [0.2, 0.25) is 0 Å². The number of carbonyl (C=O) groups is 3. The third kappa shape index (κ3) is 7.51. The summed E-state index contributed by atoms with van der Waals surface area (Å²) < 4.78 is 13.1. The van der Waals surface area contributed by atoms with Gasteiger partial charge in [0.25, 0.3) is 0 Å². The number of rotatable bonds is 8. The van der Waals surface area contributed by atoms with E-state index in [0.29, 0.717) is 5.56 Å². The highest BCUT2D eigenvalue weighted by molar-refractivity contribution is 5.90. The van der Waals surface area contributed by atoms with Crippen LogP contribution in [0.1, 0.15) is 44.4 Å². The Hall–Kier alpha value is -3.22. The summed E-state index contributed by atoms with van der Waals surface area (Å²) in [5.41, 5.74) is 2.51. The lowest BCUT2D eigenvalue weighted by molar-refractivity contribution is -0.142. The zero-order chi connectivity index (χ0) is 23.2. The van der Waals surface area contributed by atoms with Gasteiger partial charge in [-0.3, -0.25) is 9.59 Å². The van der Waals surface area contributed by atoms with E-state index in [1.165, 1.54) is 31.2 Å². The van der Waals surface area contributed by atoms with Gasteiger partial charge in [-0.25, -0.2) is 9.18 Å². The summed E-state index contributed by atoms with van der Waals surface area (Å²) in [7, 11) is 0. The standard InChI is InChI=1S/C24H29FN2O4/c1-15(28)26-20(13-17-7-11-19(25)12-8-17)22(29)27-21(23(30)31)14-16-5-9-18(10-6-16)24(2,3)4/h5-12,20-21H,13-14H2,1-4H3,(H,26,28)(H,27,29)(H,30,31)/t20-,21-/m0/s1. The van der Waals surface area contributed by atoms with Gasteiger partial charge in [0.2, 0.25) is 11.8 Å². The second-order valence-corrected chi connectivity index (χ2v) is 8.63. The van der Waals surface area contributed by atoms with Crippen LogP contribution in [0.3, 0.4) is 0 Å². The molecule has 0 aromatic heterocycles. The number of amides is 2. The van der Waals surface area contributed by atoms with Crippen LogP contribution in [0, 0.1) is 5.82 Å². The van der Waals surface area contributed by atoms with Gasteiger partial charge in [-0.15, -0.1) is 0 Å². The number of carboxylic acids is 1. The molecular weight excluding hydrogens is 399 g/mol. The van der Waals surface area contributed by atoms with Gasteiger partial charge in [0.15, 0.2) is 0 Å². The van der Waals surface area contributed by atoms with Crippen molar-refractivity contribution in [2.75, 3.05) is 0 Å². The number of benzene rings is 2. The maximum Gasteiger partial charge on any atom is 0.326 e. The van der Waals surface area contributed by atoms with Crippen molar-refractivity contribution in [1.82, 2.24) is 10.6 Å². The van der Waals surface area contributed by atoms with Crippen LogP contribution >= 0.6 is 0 Å². The molecular formula is C24H29FN2O4. The van der Waals surface area contributed by atoms with Crippen molar-refractivity contribution in [3.63, 3.8) is 0 Å². The lowest BCUT2D eigenvalue weighted by Gasteiger charge is -2.22. The number of carbonyl (C=O) groups excluding carboxylic acids is 2. The Morgan fingerprint density at radius 1 is 0.871 bits per heavy atom. The van der Waals surface area contributed by atoms with E-state index < -0.39 is 35.7 Å². The van der Waals surface area contributed by atoms with Crippen molar-refractivity contribution in [2.45, 2.75) is 58.0 Å². The molecule has 2 aromatic rings. The van der Waals surface area contributed by atoms with E-state index in [-0.39, 0.29) is 18.3 Å². The molecule has 0 unspecified atom stereocenters. The van der Waals surface area contributed by atoms with Gasteiger partial charge in [-0.1, -0.05) is 57.2 Å². The summed E-state index contributed by atoms with van der Waals surface area (Å²) in [4.78, 5) is 36.1. The van der Waals surface area contributed by atoms with Crippen molar-refractivity contribution >= 4 is 17.8 Å². The highest BCUT2D eigenvalue weighted by Gasteiger charge is 2.26. The quantitative estimate of drug-likeness (QED) is 0.602. The molecule has 2 atom stereocenters. The molecule has 0 aliphatic rings. The molecule has 31 heavy (non-hydrogen) atoms. The Labute approximate surface area is 181 Å². The topological polar surface area (TPSA) is 95.5 Å². The SMILES string of the molecule is CC(=O)N[C@@H](Cc1ccc(F)cc1)C(=O)N[C@@H](Cc1ccc(C(C)(C)C)cc1)C(=O)O. The maximum atomic E-state index is 13.1. The monoisotopic (exact) mass is 428 g/mol. The van der Waals surface area contributed by atoms with Crippen molar-refractivity contribution < 1.29 is 23.9 Å². The average molecular weight is 429 g/mol. The molecule has 0 fully saturated rings. The van der Waals surface area contributed by atoms with Gasteiger partial charge in [0.05, 0.1) is 0 Å². The van der Waals surface area contributed by atoms with E-state index >= 15 is 0 Å². The van der Waals surface area contributed by atoms with Crippen LogP contribution in [-0.4, -0.2) is 35.0 Å². The number of aliphatic carboxylic acids is 1. The largest absolute Gasteiger partial charge is 0.480 e. The summed E-state index contributed by atoms with van der Waals surface area (Å²) in [6, 6.07) is 11.0. The molecule has 2 aromatic carbocycles. The summed E-state index contributed by atoms with van der Waals surface area (Å²) in [6.07, 6.45) is 0.215. The van der Waals surface area contributed by atoms with Crippen molar-refractivity contribution in [3.05, 3.63) is 71.0 Å². The van der Waals surface area contributed by atoms with Gasteiger partial charge in [-0.05, 0) is 34.2 Å². The molecule has 0 aliphatic heterocycles. The average Bonchev–Trinajstić information content (AvgIpc) is 2.68. The summed E-state index contributed by atoms with van der Waals surface area (Å²) in [6.45, 7) is 7.54. The highest BCUT2D eigenvalue weighted by Crippen LogP contribution is 2.22. The first-order valence-electron chi connectivity index (χ1n) is 10.1. The van der Waals surface area contributed by atoms with E-state index in [1.54, 1.807) is 0 Å². The van der Waals surface area contributed by atoms with E-state index in [1.807, 2.05) is 24.3 Å². The zero-order valence-corrected chi connectivity index (χ0v) is 18.2. The zero-order valence-electron chi connectivity index (χ0n) is 18.2.